The molecule has 2 heterocycles. The second-order valence-electron chi connectivity index (χ2n) is 7.27. The minimum atomic E-state index is 0.798. The van der Waals surface area contributed by atoms with Gasteiger partial charge in [0.05, 0.1) is 12.5 Å². The Bertz CT molecular complexity index is 1070. The number of aromatic amines is 1. The van der Waals surface area contributed by atoms with Crippen LogP contribution in [0.4, 0.5) is 0 Å². The molecule has 4 aromatic rings. The Hall–Kier alpha value is -3.07. The Labute approximate surface area is 166 Å². The van der Waals surface area contributed by atoms with Crippen LogP contribution >= 0.6 is 0 Å². The number of furan rings is 1. The Morgan fingerprint density at radius 2 is 1.82 bits per heavy atom. The fraction of sp³-hybridized carbons (Fsp3) is 0.240. The van der Waals surface area contributed by atoms with Crippen LogP contribution in [-0.2, 0) is 19.3 Å². The summed E-state index contributed by atoms with van der Waals surface area (Å²) in [6, 6.07) is 17.4. The zero-order valence-electron chi connectivity index (χ0n) is 16.5. The first kappa shape index (κ1) is 18.3. The second-order valence-corrected chi connectivity index (χ2v) is 7.27. The summed E-state index contributed by atoms with van der Waals surface area (Å²) < 4.78 is 5.14. The molecule has 0 saturated heterocycles. The lowest BCUT2D eigenvalue weighted by Crippen LogP contribution is -1.99. The van der Waals surface area contributed by atoms with Crippen LogP contribution in [0.3, 0.4) is 0 Å². The van der Waals surface area contributed by atoms with Crippen LogP contribution in [0.2, 0.25) is 0 Å². The maximum atomic E-state index is 5.14. The van der Waals surface area contributed by atoms with Crippen LogP contribution in [0.15, 0.2) is 76.7 Å². The smallest absolute Gasteiger partial charge is 0.0937 e. The van der Waals surface area contributed by atoms with Crippen molar-refractivity contribution in [1.82, 2.24) is 4.98 Å². The number of nitrogens with zero attached hydrogens (tertiary/aromatic N) is 1. The number of rotatable bonds is 7. The van der Waals surface area contributed by atoms with Crippen molar-refractivity contribution in [2.75, 3.05) is 6.54 Å². The number of benzene rings is 2. The molecule has 0 saturated carbocycles. The van der Waals surface area contributed by atoms with Crippen LogP contribution in [-0.4, -0.2) is 17.2 Å². The van der Waals surface area contributed by atoms with Gasteiger partial charge in [-0.3, -0.25) is 4.99 Å². The number of fused-ring (bicyclic) bond motifs is 1. The molecule has 0 spiro atoms. The van der Waals surface area contributed by atoms with Crippen LogP contribution in [0.1, 0.15) is 41.7 Å². The largest absolute Gasteiger partial charge is 0.472 e. The Kier molecular flexibility index (Phi) is 5.43. The van der Waals surface area contributed by atoms with E-state index >= 15 is 0 Å². The number of hydrogen-bond donors (Lipinski definition) is 1. The Balaban J connectivity index is 1.40. The molecule has 0 unspecified atom stereocenters. The summed E-state index contributed by atoms with van der Waals surface area (Å²) in [5, 5.41) is 1.33. The zero-order chi connectivity index (χ0) is 19.3. The third kappa shape index (κ3) is 4.09. The molecule has 0 aliphatic heterocycles. The lowest BCUT2D eigenvalue weighted by molar-refractivity contribution is 0.564. The molecule has 2 aromatic carbocycles. The molecule has 0 bridgehead atoms. The van der Waals surface area contributed by atoms with Crippen LogP contribution in [0, 0.1) is 0 Å². The van der Waals surface area contributed by atoms with E-state index < -0.39 is 0 Å². The van der Waals surface area contributed by atoms with Gasteiger partial charge in [-0.15, -0.1) is 0 Å². The van der Waals surface area contributed by atoms with Gasteiger partial charge in [-0.2, -0.15) is 0 Å². The molecular weight excluding hydrogens is 344 g/mol. The molecule has 1 N–H and O–H groups in total. The molecule has 0 atom stereocenters. The average molecular weight is 370 g/mol. The molecule has 0 fully saturated rings. The first-order valence-electron chi connectivity index (χ1n) is 9.93. The van der Waals surface area contributed by atoms with Gasteiger partial charge < -0.3 is 9.40 Å². The number of aliphatic imine (C=N–C) groups is 1. The van der Waals surface area contributed by atoms with E-state index in [-0.39, 0.29) is 0 Å². The van der Waals surface area contributed by atoms with Crippen LogP contribution < -0.4 is 0 Å². The lowest BCUT2D eigenvalue weighted by atomic mass is 10.0. The van der Waals surface area contributed by atoms with Gasteiger partial charge in [-0.25, -0.2) is 0 Å². The highest BCUT2D eigenvalue weighted by Crippen LogP contribution is 2.21. The van der Waals surface area contributed by atoms with E-state index in [9.17, 15) is 0 Å². The number of aromatic nitrogens is 1. The average Bonchev–Trinajstić information content (AvgIpc) is 3.38. The summed E-state index contributed by atoms with van der Waals surface area (Å²) in [5.41, 5.74) is 8.68. The Morgan fingerprint density at radius 3 is 2.57 bits per heavy atom. The fourth-order valence-electron chi connectivity index (χ4n) is 3.58. The number of nitrogens with one attached hydrogen (secondary N) is 1. The molecule has 28 heavy (non-hydrogen) atoms. The topological polar surface area (TPSA) is 41.3 Å². The number of aryl methyl sites for hydroxylation is 1. The van der Waals surface area contributed by atoms with E-state index in [1.807, 2.05) is 6.07 Å². The molecule has 0 aliphatic carbocycles. The van der Waals surface area contributed by atoms with Crippen molar-refractivity contribution in [3.8, 4) is 0 Å². The predicted molar refractivity (Wildman–Crippen MR) is 116 cm³/mol. The van der Waals surface area contributed by atoms with Gasteiger partial charge in [0.25, 0.3) is 0 Å². The lowest BCUT2D eigenvalue weighted by Gasteiger charge is -2.04. The van der Waals surface area contributed by atoms with Crippen molar-refractivity contribution in [2.24, 2.45) is 4.99 Å². The molecule has 0 radical (unpaired) electrons. The van der Waals surface area contributed by atoms with E-state index in [0.717, 1.165) is 31.5 Å². The number of H-pyrrole nitrogens is 1. The van der Waals surface area contributed by atoms with Crippen LogP contribution in [0.5, 0.6) is 0 Å². The highest BCUT2D eigenvalue weighted by atomic mass is 16.3. The first-order chi connectivity index (χ1) is 13.7. The fourth-order valence-corrected chi connectivity index (χ4v) is 3.58. The SMILES string of the molecule is CCc1ccc2[nH]cc(CCN=C(C)c3ccc(Cc4ccoc4)cc3)c2c1. The summed E-state index contributed by atoms with van der Waals surface area (Å²) in [5.74, 6) is 0. The molecule has 0 amide bonds. The van der Waals surface area contributed by atoms with Crippen molar-refractivity contribution < 1.29 is 4.42 Å². The van der Waals surface area contributed by atoms with Gasteiger partial charge in [0.1, 0.15) is 0 Å². The third-order valence-corrected chi connectivity index (χ3v) is 5.33. The van der Waals surface area contributed by atoms with E-state index in [1.54, 1.807) is 12.5 Å². The molecule has 3 heteroatoms. The summed E-state index contributed by atoms with van der Waals surface area (Å²) in [4.78, 5) is 8.19. The van der Waals surface area contributed by atoms with E-state index in [1.165, 1.54) is 38.7 Å². The van der Waals surface area contributed by atoms with Gasteiger partial charge in [0, 0.05) is 35.8 Å². The first-order valence-corrected chi connectivity index (χ1v) is 9.93. The quantitative estimate of drug-likeness (QED) is 0.400. The maximum Gasteiger partial charge on any atom is 0.0937 e. The normalized spacial score (nSPS) is 12.0. The van der Waals surface area contributed by atoms with Crippen molar-refractivity contribution in [3.63, 3.8) is 0 Å². The Morgan fingerprint density at radius 1 is 1.00 bits per heavy atom. The highest BCUT2D eigenvalue weighted by molar-refractivity contribution is 5.98. The molecular formula is C25H26N2O. The number of hydrogen-bond acceptors (Lipinski definition) is 2. The summed E-state index contributed by atoms with van der Waals surface area (Å²) >= 11 is 0. The van der Waals surface area contributed by atoms with E-state index in [2.05, 4.69) is 67.5 Å². The second kappa shape index (κ2) is 8.30. The van der Waals surface area contributed by atoms with Gasteiger partial charge in [-0.05, 0) is 65.8 Å². The van der Waals surface area contributed by atoms with Crippen molar-refractivity contribution in [3.05, 3.63) is 95.1 Å². The van der Waals surface area contributed by atoms with Crippen LogP contribution in [0.25, 0.3) is 10.9 Å². The van der Waals surface area contributed by atoms with Crippen molar-refractivity contribution in [1.29, 1.82) is 0 Å². The monoisotopic (exact) mass is 370 g/mol. The molecule has 2 aromatic heterocycles. The standard InChI is InChI=1S/C25H26N2O/c1-3-19-6-9-25-24(15-19)23(16-27-25)10-12-26-18(2)22-7-4-20(5-8-22)14-21-11-13-28-17-21/h4-9,11,13,15-17,27H,3,10,12,14H2,1-2H3. The molecule has 4 rings (SSSR count). The summed E-state index contributed by atoms with van der Waals surface area (Å²) in [6.07, 6.45) is 8.55. The van der Waals surface area contributed by atoms with Crippen molar-refractivity contribution in [2.45, 2.75) is 33.1 Å². The summed E-state index contributed by atoms with van der Waals surface area (Å²) in [6.45, 7) is 5.09. The zero-order valence-corrected chi connectivity index (χ0v) is 16.5. The van der Waals surface area contributed by atoms with Gasteiger partial charge in [-0.1, -0.05) is 37.3 Å². The highest BCUT2D eigenvalue weighted by Gasteiger charge is 2.05. The van der Waals surface area contributed by atoms with Gasteiger partial charge in [0.15, 0.2) is 0 Å². The molecule has 142 valence electrons. The maximum absolute atomic E-state index is 5.14. The van der Waals surface area contributed by atoms with E-state index in [4.69, 9.17) is 9.41 Å². The van der Waals surface area contributed by atoms with Gasteiger partial charge >= 0.3 is 0 Å². The van der Waals surface area contributed by atoms with Crippen molar-refractivity contribution >= 4 is 16.6 Å². The molecule has 0 aliphatic rings. The predicted octanol–water partition coefficient (Wildman–Crippen LogP) is 5.97. The molecule has 3 nitrogen and oxygen atoms in total. The third-order valence-electron chi connectivity index (χ3n) is 5.33. The summed E-state index contributed by atoms with van der Waals surface area (Å²) in [7, 11) is 0. The minimum Gasteiger partial charge on any atom is -0.472 e. The van der Waals surface area contributed by atoms with E-state index in [0.29, 0.717) is 0 Å². The van der Waals surface area contributed by atoms with Gasteiger partial charge in [0.2, 0.25) is 0 Å². The minimum absolute atomic E-state index is 0.798.